The molecular weight excluding hydrogens is 266 g/mol. The van der Waals surface area contributed by atoms with Gasteiger partial charge in [-0.15, -0.1) is 0 Å². The van der Waals surface area contributed by atoms with Gasteiger partial charge >= 0.3 is 0 Å². The van der Waals surface area contributed by atoms with Crippen LogP contribution in [0.2, 0.25) is 0 Å². The van der Waals surface area contributed by atoms with Crippen LogP contribution in [0.25, 0.3) is 0 Å². The third-order valence-electron chi connectivity index (χ3n) is 2.87. The first-order chi connectivity index (χ1) is 10.3. The van der Waals surface area contributed by atoms with Crippen LogP contribution in [0, 0.1) is 0 Å². The SMILES string of the molecule is CC.CCCNC.CNCCCOCCN1CCOCC1. The van der Waals surface area contributed by atoms with E-state index in [0.29, 0.717) is 0 Å². The Labute approximate surface area is 132 Å². The molecule has 0 unspecified atom stereocenters. The van der Waals surface area contributed by atoms with Crippen LogP contribution in [-0.2, 0) is 9.47 Å². The average Bonchev–Trinajstić information content (AvgIpc) is 2.55. The average molecular weight is 306 g/mol. The summed E-state index contributed by atoms with van der Waals surface area (Å²) in [5.74, 6) is 0. The van der Waals surface area contributed by atoms with Gasteiger partial charge in [0.05, 0.1) is 19.8 Å². The molecule has 21 heavy (non-hydrogen) atoms. The molecule has 0 aliphatic carbocycles. The topological polar surface area (TPSA) is 45.8 Å². The van der Waals surface area contributed by atoms with Crippen molar-refractivity contribution in [3.63, 3.8) is 0 Å². The van der Waals surface area contributed by atoms with E-state index in [1.165, 1.54) is 6.42 Å². The van der Waals surface area contributed by atoms with Crippen molar-refractivity contribution in [1.82, 2.24) is 15.5 Å². The first-order valence-electron chi connectivity index (χ1n) is 8.52. The molecule has 1 heterocycles. The van der Waals surface area contributed by atoms with E-state index >= 15 is 0 Å². The van der Waals surface area contributed by atoms with Gasteiger partial charge in [-0.3, -0.25) is 4.90 Å². The summed E-state index contributed by atoms with van der Waals surface area (Å²) in [7, 11) is 3.93. The van der Waals surface area contributed by atoms with E-state index in [2.05, 4.69) is 22.5 Å². The normalized spacial score (nSPS) is 14.7. The number of hydrogen-bond acceptors (Lipinski definition) is 5. The summed E-state index contributed by atoms with van der Waals surface area (Å²) in [5.41, 5.74) is 0. The first-order valence-corrected chi connectivity index (χ1v) is 8.52. The van der Waals surface area contributed by atoms with Crippen LogP contribution in [-0.4, -0.2) is 78.1 Å². The monoisotopic (exact) mass is 305 g/mol. The third kappa shape index (κ3) is 19.8. The summed E-state index contributed by atoms with van der Waals surface area (Å²) in [4.78, 5) is 2.39. The third-order valence-corrected chi connectivity index (χ3v) is 2.87. The summed E-state index contributed by atoms with van der Waals surface area (Å²) < 4.78 is 10.8. The van der Waals surface area contributed by atoms with Crippen molar-refractivity contribution in [3.8, 4) is 0 Å². The number of ether oxygens (including phenoxy) is 2. The zero-order valence-electron chi connectivity index (χ0n) is 15.0. The molecule has 1 saturated heterocycles. The molecule has 0 bridgehead atoms. The molecule has 0 aromatic rings. The van der Waals surface area contributed by atoms with Gasteiger partial charge < -0.3 is 20.1 Å². The van der Waals surface area contributed by atoms with Crippen molar-refractivity contribution < 1.29 is 9.47 Å². The van der Waals surface area contributed by atoms with Gasteiger partial charge in [-0.1, -0.05) is 20.8 Å². The van der Waals surface area contributed by atoms with Gasteiger partial charge in [0.1, 0.15) is 0 Å². The van der Waals surface area contributed by atoms with Crippen molar-refractivity contribution in [2.24, 2.45) is 0 Å². The van der Waals surface area contributed by atoms with Crippen LogP contribution in [0.1, 0.15) is 33.6 Å². The number of morpholine rings is 1. The van der Waals surface area contributed by atoms with E-state index in [1.54, 1.807) is 0 Å². The summed E-state index contributed by atoms with van der Waals surface area (Å²) in [5, 5.41) is 6.12. The smallest absolute Gasteiger partial charge is 0.0594 e. The highest BCUT2D eigenvalue weighted by atomic mass is 16.5. The van der Waals surface area contributed by atoms with Gasteiger partial charge in [0.15, 0.2) is 0 Å². The van der Waals surface area contributed by atoms with Gasteiger partial charge in [0, 0.05) is 26.2 Å². The van der Waals surface area contributed by atoms with Crippen molar-refractivity contribution in [3.05, 3.63) is 0 Å². The summed E-state index contributed by atoms with van der Waals surface area (Å²) in [6, 6.07) is 0. The molecule has 0 aromatic heterocycles. The molecule has 130 valence electrons. The van der Waals surface area contributed by atoms with Gasteiger partial charge in [-0.25, -0.2) is 0 Å². The molecule has 0 spiro atoms. The zero-order valence-corrected chi connectivity index (χ0v) is 15.0. The quantitative estimate of drug-likeness (QED) is 0.633. The predicted molar refractivity (Wildman–Crippen MR) is 92.2 cm³/mol. The van der Waals surface area contributed by atoms with Crippen LogP contribution in [0.5, 0.6) is 0 Å². The van der Waals surface area contributed by atoms with Crippen LogP contribution < -0.4 is 10.6 Å². The molecule has 0 saturated carbocycles. The van der Waals surface area contributed by atoms with Crippen molar-refractivity contribution in [2.45, 2.75) is 33.6 Å². The summed E-state index contributed by atoms with van der Waals surface area (Å²) in [6.45, 7) is 14.9. The van der Waals surface area contributed by atoms with Crippen LogP contribution >= 0.6 is 0 Å². The van der Waals surface area contributed by atoms with E-state index in [1.807, 2.05) is 27.9 Å². The van der Waals surface area contributed by atoms with Crippen LogP contribution in [0.15, 0.2) is 0 Å². The minimum absolute atomic E-state index is 0.851. The Kier molecular flexibility index (Phi) is 24.3. The highest BCUT2D eigenvalue weighted by molar-refractivity contribution is 4.60. The minimum Gasteiger partial charge on any atom is -0.380 e. The van der Waals surface area contributed by atoms with Gasteiger partial charge in [-0.2, -0.15) is 0 Å². The minimum atomic E-state index is 0.851. The second-order valence-electron chi connectivity index (χ2n) is 4.63. The Morgan fingerprint density at radius 3 is 2.10 bits per heavy atom. The Morgan fingerprint density at radius 2 is 1.62 bits per heavy atom. The number of nitrogens with one attached hydrogen (secondary N) is 2. The number of hydrogen-bond donors (Lipinski definition) is 2. The molecule has 1 fully saturated rings. The van der Waals surface area contributed by atoms with Crippen LogP contribution in [0.4, 0.5) is 0 Å². The Bertz CT molecular complexity index is 164. The van der Waals surface area contributed by atoms with Gasteiger partial charge in [0.25, 0.3) is 0 Å². The summed E-state index contributed by atoms with van der Waals surface area (Å²) in [6.07, 6.45) is 2.33. The van der Waals surface area contributed by atoms with E-state index in [-0.39, 0.29) is 0 Å². The van der Waals surface area contributed by atoms with Gasteiger partial charge in [0.2, 0.25) is 0 Å². The van der Waals surface area contributed by atoms with Crippen molar-refractivity contribution in [2.75, 3.05) is 73.2 Å². The van der Waals surface area contributed by atoms with E-state index in [0.717, 1.165) is 65.6 Å². The number of rotatable bonds is 9. The summed E-state index contributed by atoms with van der Waals surface area (Å²) >= 11 is 0. The molecule has 2 N–H and O–H groups in total. The fraction of sp³-hybridized carbons (Fsp3) is 1.00. The van der Waals surface area contributed by atoms with Crippen molar-refractivity contribution >= 4 is 0 Å². The van der Waals surface area contributed by atoms with Gasteiger partial charge in [-0.05, 0) is 40.0 Å². The lowest BCUT2D eigenvalue weighted by Gasteiger charge is -2.26. The molecule has 0 aromatic carbocycles. The maximum atomic E-state index is 5.52. The Hall–Kier alpha value is -0.200. The lowest BCUT2D eigenvalue weighted by molar-refractivity contribution is 0.0202. The fourth-order valence-corrected chi connectivity index (χ4v) is 1.72. The molecule has 5 nitrogen and oxygen atoms in total. The highest BCUT2D eigenvalue weighted by Gasteiger charge is 2.08. The molecule has 1 aliphatic rings. The maximum Gasteiger partial charge on any atom is 0.0594 e. The van der Waals surface area contributed by atoms with E-state index in [9.17, 15) is 0 Å². The largest absolute Gasteiger partial charge is 0.380 e. The Morgan fingerprint density at radius 1 is 1.00 bits per heavy atom. The van der Waals surface area contributed by atoms with E-state index in [4.69, 9.17) is 9.47 Å². The molecule has 5 heteroatoms. The standard InChI is InChI=1S/C10H22N2O2.C4H11N.C2H6/c1-11-3-2-7-13-8-4-12-5-9-14-10-6-12;1-3-4-5-2;1-2/h11H,2-10H2,1H3;5H,3-4H2,1-2H3;1-2H3. The lowest BCUT2D eigenvalue weighted by Crippen LogP contribution is -2.38. The van der Waals surface area contributed by atoms with Crippen LogP contribution in [0.3, 0.4) is 0 Å². The molecule has 1 aliphatic heterocycles. The first kappa shape index (κ1) is 23.1. The maximum absolute atomic E-state index is 5.52. The van der Waals surface area contributed by atoms with Crippen molar-refractivity contribution in [1.29, 1.82) is 0 Å². The molecule has 0 radical (unpaired) electrons. The zero-order chi connectivity index (χ0) is 16.2. The second-order valence-corrected chi connectivity index (χ2v) is 4.63. The fourth-order valence-electron chi connectivity index (χ4n) is 1.72. The Balaban J connectivity index is 0. The molecule has 0 amide bonds. The molecular formula is C16H39N3O2. The predicted octanol–water partition coefficient (Wildman–Crippen LogP) is 1.59. The molecule has 0 atom stereocenters. The lowest BCUT2D eigenvalue weighted by atomic mass is 10.4. The molecule has 1 rings (SSSR count). The second kappa shape index (κ2) is 22.1. The number of nitrogens with zero attached hydrogens (tertiary/aromatic N) is 1. The highest BCUT2D eigenvalue weighted by Crippen LogP contribution is 1.95. The van der Waals surface area contributed by atoms with E-state index < -0.39 is 0 Å².